The molecule has 60 valence electrons. The van der Waals surface area contributed by atoms with Crippen LogP contribution in [-0.4, -0.2) is 24.9 Å². The maximum absolute atomic E-state index is 8.43. The van der Waals surface area contributed by atoms with Gasteiger partial charge in [0.25, 0.3) is 0 Å². The second kappa shape index (κ2) is 4.69. The highest BCUT2D eigenvalue weighted by molar-refractivity contribution is 4.71. The molecular weight excluding hydrogens is 128 g/mol. The van der Waals surface area contributed by atoms with Gasteiger partial charge in [-0.2, -0.15) is 0 Å². The van der Waals surface area contributed by atoms with Gasteiger partial charge in [-0.15, -0.1) is 0 Å². The van der Waals surface area contributed by atoms with Crippen LogP contribution in [0.1, 0.15) is 25.7 Å². The van der Waals surface area contributed by atoms with Crippen molar-refractivity contribution in [2.45, 2.75) is 25.7 Å². The lowest BCUT2D eigenvalue weighted by Crippen LogP contribution is -1.99. The molecule has 1 aliphatic carbocycles. The molecule has 0 spiro atoms. The average Bonchev–Trinajstić information content (AvgIpc) is 2.71. The first-order chi connectivity index (χ1) is 4.93. The second-order valence-electron chi connectivity index (χ2n) is 2.95. The molecule has 0 amide bonds. The molecule has 0 heterocycles. The summed E-state index contributed by atoms with van der Waals surface area (Å²) in [6.07, 6.45) is 4.61. The minimum absolute atomic E-state index is 0.298. The zero-order valence-corrected chi connectivity index (χ0v) is 6.38. The minimum Gasteiger partial charge on any atom is -0.396 e. The predicted molar refractivity (Wildman–Crippen MR) is 39.9 cm³/mol. The molecule has 1 rings (SSSR count). The smallest absolute Gasteiger partial charge is 0.0494 e. The monoisotopic (exact) mass is 144 g/mol. The van der Waals surface area contributed by atoms with Crippen LogP contribution in [0.2, 0.25) is 0 Å². The van der Waals surface area contributed by atoms with Gasteiger partial charge in [0.15, 0.2) is 0 Å². The number of unbranched alkanes of at least 4 members (excludes halogenated alkanes) is 1. The number of aliphatic hydroxyl groups excluding tert-OH is 1. The Morgan fingerprint density at radius 3 is 2.70 bits per heavy atom. The van der Waals surface area contributed by atoms with Crippen LogP contribution in [0.25, 0.3) is 0 Å². The third kappa shape index (κ3) is 3.85. The molecular formula is C8H16O2. The van der Waals surface area contributed by atoms with E-state index < -0.39 is 0 Å². The van der Waals surface area contributed by atoms with Crippen LogP contribution < -0.4 is 0 Å². The standard InChI is InChI=1S/C8H16O2/c9-5-1-2-6-10-7-8-3-4-8/h8-9H,1-7H2. The van der Waals surface area contributed by atoms with Crippen molar-refractivity contribution >= 4 is 0 Å². The van der Waals surface area contributed by atoms with Gasteiger partial charge in [0, 0.05) is 19.8 Å². The highest BCUT2D eigenvalue weighted by Gasteiger charge is 2.20. The third-order valence-corrected chi connectivity index (χ3v) is 1.75. The van der Waals surface area contributed by atoms with Gasteiger partial charge in [-0.25, -0.2) is 0 Å². The summed E-state index contributed by atoms with van der Waals surface area (Å²) in [6.45, 7) is 2.08. The molecule has 0 aromatic carbocycles. The Bertz CT molecular complexity index is 79.3. The van der Waals surface area contributed by atoms with Crippen LogP contribution in [0.5, 0.6) is 0 Å². The summed E-state index contributed by atoms with van der Waals surface area (Å²) < 4.78 is 5.35. The van der Waals surface area contributed by atoms with Gasteiger partial charge in [-0.1, -0.05) is 0 Å². The van der Waals surface area contributed by atoms with E-state index >= 15 is 0 Å². The Hall–Kier alpha value is -0.0800. The van der Waals surface area contributed by atoms with Crippen molar-refractivity contribution in [2.24, 2.45) is 5.92 Å². The summed E-state index contributed by atoms with van der Waals surface area (Å²) in [5.74, 6) is 0.870. The molecule has 0 bridgehead atoms. The molecule has 1 saturated carbocycles. The molecule has 0 aromatic heterocycles. The normalized spacial score (nSPS) is 17.7. The molecule has 0 atom stereocenters. The van der Waals surface area contributed by atoms with E-state index in [-0.39, 0.29) is 0 Å². The summed E-state index contributed by atoms with van der Waals surface area (Å²) >= 11 is 0. The number of hydrogen-bond donors (Lipinski definition) is 1. The lowest BCUT2D eigenvalue weighted by atomic mass is 10.3. The Morgan fingerprint density at radius 1 is 1.30 bits per heavy atom. The summed E-state index contributed by atoms with van der Waals surface area (Å²) in [7, 11) is 0. The molecule has 0 aromatic rings. The van der Waals surface area contributed by atoms with E-state index in [0.717, 1.165) is 32.0 Å². The van der Waals surface area contributed by atoms with Gasteiger partial charge < -0.3 is 9.84 Å². The van der Waals surface area contributed by atoms with E-state index in [0.29, 0.717) is 6.61 Å². The molecule has 0 unspecified atom stereocenters. The fourth-order valence-corrected chi connectivity index (χ4v) is 0.850. The van der Waals surface area contributed by atoms with Crippen molar-refractivity contribution < 1.29 is 9.84 Å². The molecule has 1 aliphatic rings. The molecule has 1 fully saturated rings. The fourth-order valence-electron chi connectivity index (χ4n) is 0.850. The Labute approximate surface area is 62.2 Å². The summed E-state index contributed by atoms with van der Waals surface area (Å²) in [5, 5.41) is 8.43. The van der Waals surface area contributed by atoms with Crippen molar-refractivity contribution in [1.82, 2.24) is 0 Å². The van der Waals surface area contributed by atoms with Crippen LogP contribution in [0.3, 0.4) is 0 Å². The van der Waals surface area contributed by atoms with E-state index in [2.05, 4.69) is 0 Å². The van der Waals surface area contributed by atoms with Crippen LogP contribution in [0, 0.1) is 5.92 Å². The molecule has 2 heteroatoms. The Balaban J connectivity index is 1.68. The Kier molecular flexibility index (Phi) is 3.76. The van der Waals surface area contributed by atoms with Gasteiger partial charge in [0.2, 0.25) is 0 Å². The van der Waals surface area contributed by atoms with E-state index in [1.807, 2.05) is 0 Å². The van der Waals surface area contributed by atoms with Gasteiger partial charge >= 0.3 is 0 Å². The average molecular weight is 144 g/mol. The molecule has 0 radical (unpaired) electrons. The van der Waals surface area contributed by atoms with Gasteiger partial charge in [-0.3, -0.25) is 0 Å². The van der Waals surface area contributed by atoms with Gasteiger partial charge in [0.05, 0.1) is 0 Å². The minimum atomic E-state index is 0.298. The molecule has 0 saturated heterocycles. The molecule has 1 N–H and O–H groups in total. The topological polar surface area (TPSA) is 29.5 Å². The van der Waals surface area contributed by atoms with E-state index in [1.165, 1.54) is 12.8 Å². The summed E-state index contributed by atoms with van der Waals surface area (Å²) in [4.78, 5) is 0. The first kappa shape index (κ1) is 8.02. The molecule has 0 aliphatic heterocycles. The summed E-state index contributed by atoms with van der Waals surface area (Å²) in [6, 6.07) is 0. The highest BCUT2D eigenvalue weighted by Crippen LogP contribution is 2.28. The van der Waals surface area contributed by atoms with Gasteiger partial charge in [-0.05, 0) is 31.6 Å². The van der Waals surface area contributed by atoms with E-state index in [1.54, 1.807) is 0 Å². The largest absolute Gasteiger partial charge is 0.396 e. The zero-order chi connectivity index (χ0) is 7.23. The van der Waals surface area contributed by atoms with Crippen molar-refractivity contribution in [3.05, 3.63) is 0 Å². The SMILES string of the molecule is OCCCCOCC1CC1. The number of aliphatic hydroxyl groups is 1. The quantitative estimate of drug-likeness (QED) is 0.567. The van der Waals surface area contributed by atoms with Crippen molar-refractivity contribution in [3.8, 4) is 0 Å². The van der Waals surface area contributed by atoms with Crippen molar-refractivity contribution in [1.29, 1.82) is 0 Å². The van der Waals surface area contributed by atoms with Crippen LogP contribution in [-0.2, 0) is 4.74 Å². The molecule has 2 nitrogen and oxygen atoms in total. The number of rotatable bonds is 6. The number of ether oxygens (including phenoxy) is 1. The van der Waals surface area contributed by atoms with Crippen LogP contribution >= 0.6 is 0 Å². The zero-order valence-electron chi connectivity index (χ0n) is 6.38. The van der Waals surface area contributed by atoms with Crippen LogP contribution in [0.15, 0.2) is 0 Å². The lowest BCUT2D eigenvalue weighted by Gasteiger charge is -2.00. The van der Waals surface area contributed by atoms with Gasteiger partial charge in [0.1, 0.15) is 0 Å². The van der Waals surface area contributed by atoms with Crippen LogP contribution in [0.4, 0.5) is 0 Å². The lowest BCUT2D eigenvalue weighted by molar-refractivity contribution is 0.116. The van der Waals surface area contributed by atoms with Crippen molar-refractivity contribution in [2.75, 3.05) is 19.8 Å². The maximum atomic E-state index is 8.43. The van der Waals surface area contributed by atoms with E-state index in [4.69, 9.17) is 9.84 Å². The first-order valence-electron chi connectivity index (χ1n) is 4.12. The second-order valence-corrected chi connectivity index (χ2v) is 2.95. The number of hydrogen-bond acceptors (Lipinski definition) is 2. The highest BCUT2D eigenvalue weighted by atomic mass is 16.5. The third-order valence-electron chi connectivity index (χ3n) is 1.75. The Morgan fingerprint density at radius 2 is 2.10 bits per heavy atom. The fraction of sp³-hybridized carbons (Fsp3) is 1.00. The van der Waals surface area contributed by atoms with Crippen molar-refractivity contribution in [3.63, 3.8) is 0 Å². The summed E-state index contributed by atoms with van der Waals surface area (Å²) in [5.41, 5.74) is 0. The first-order valence-corrected chi connectivity index (χ1v) is 4.12. The maximum Gasteiger partial charge on any atom is 0.0494 e. The molecule has 10 heavy (non-hydrogen) atoms. The predicted octanol–water partition coefficient (Wildman–Crippen LogP) is 1.19. The van der Waals surface area contributed by atoms with E-state index in [9.17, 15) is 0 Å².